The zero-order valence-corrected chi connectivity index (χ0v) is 15.5. The third-order valence-electron chi connectivity index (χ3n) is 6.04. The number of methoxy groups -OCH3 is 1. The van der Waals surface area contributed by atoms with Crippen molar-refractivity contribution in [3.63, 3.8) is 0 Å². The number of nitrogens with zero attached hydrogens (tertiary/aromatic N) is 1. The molecular weight excluding hydrogens is 330 g/mol. The van der Waals surface area contributed by atoms with Gasteiger partial charge in [0.1, 0.15) is 5.75 Å². The van der Waals surface area contributed by atoms with Crippen molar-refractivity contribution in [1.29, 1.82) is 0 Å². The lowest BCUT2D eigenvalue weighted by molar-refractivity contribution is -0.146. The highest BCUT2D eigenvalue weighted by atomic mass is 16.5. The summed E-state index contributed by atoms with van der Waals surface area (Å²) >= 11 is 0. The van der Waals surface area contributed by atoms with E-state index in [0.717, 1.165) is 50.9 Å². The topological polar surface area (TPSA) is 66.8 Å². The van der Waals surface area contributed by atoms with Gasteiger partial charge in [0.15, 0.2) is 0 Å². The van der Waals surface area contributed by atoms with Gasteiger partial charge in [-0.1, -0.05) is 12.1 Å². The molecule has 0 radical (unpaired) electrons. The lowest BCUT2D eigenvalue weighted by atomic mass is 9.81. The molecule has 1 N–H and O–H groups in total. The van der Waals surface area contributed by atoms with E-state index in [0.29, 0.717) is 18.8 Å². The summed E-state index contributed by atoms with van der Waals surface area (Å²) in [6.45, 7) is 1.66. The van der Waals surface area contributed by atoms with Crippen LogP contribution in [0.3, 0.4) is 0 Å². The first-order valence-corrected chi connectivity index (χ1v) is 9.71. The maximum atomic E-state index is 12.7. The zero-order chi connectivity index (χ0) is 18.5. The summed E-state index contributed by atoms with van der Waals surface area (Å²) in [5.74, 6) is 0.812. The van der Waals surface area contributed by atoms with E-state index < -0.39 is 5.97 Å². The van der Waals surface area contributed by atoms with E-state index in [1.165, 1.54) is 5.56 Å². The molecular formula is C21H29NO4. The Kier molecular flexibility index (Phi) is 6.17. The van der Waals surface area contributed by atoms with E-state index in [-0.39, 0.29) is 17.7 Å². The fourth-order valence-electron chi connectivity index (χ4n) is 4.30. The van der Waals surface area contributed by atoms with E-state index in [1.807, 2.05) is 17.0 Å². The Morgan fingerprint density at radius 1 is 1.00 bits per heavy atom. The molecule has 2 fully saturated rings. The van der Waals surface area contributed by atoms with Crippen LogP contribution in [0.5, 0.6) is 5.75 Å². The second-order valence-corrected chi connectivity index (χ2v) is 7.71. The summed E-state index contributed by atoms with van der Waals surface area (Å²) in [5.41, 5.74) is 1.32. The molecule has 1 saturated heterocycles. The molecule has 1 saturated carbocycles. The molecule has 142 valence electrons. The number of carboxylic acids is 1. The Bertz CT molecular complexity index is 611. The van der Waals surface area contributed by atoms with Crippen LogP contribution in [0.2, 0.25) is 0 Å². The van der Waals surface area contributed by atoms with Crippen LogP contribution in [0.4, 0.5) is 0 Å². The van der Waals surface area contributed by atoms with Crippen molar-refractivity contribution in [2.24, 2.45) is 17.8 Å². The molecule has 1 heterocycles. The first-order valence-electron chi connectivity index (χ1n) is 9.71. The number of ether oxygens (including phenoxy) is 1. The summed E-state index contributed by atoms with van der Waals surface area (Å²) in [7, 11) is 1.68. The molecule has 5 nitrogen and oxygen atoms in total. The van der Waals surface area contributed by atoms with Gasteiger partial charge >= 0.3 is 5.97 Å². The van der Waals surface area contributed by atoms with E-state index in [9.17, 15) is 9.59 Å². The van der Waals surface area contributed by atoms with Crippen LogP contribution >= 0.6 is 0 Å². The van der Waals surface area contributed by atoms with Crippen molar-refractivity contribution >= 4 is 11.9 Å². The van der Waals surface area contributed by atoms with Crippen molar-refractivity contribution in [2.45, 2.75) is 44.9 Å². The second-order valence-electron chi connectivity index (χ2n) is 7.71. The van der Waals surface area contributed by atoms with Crippen LogP contribution in [0.15, 0.2) is 24.3 Å². The molecule has 1 aliphatic carbocycles. The molecule has 0 unspecified atom stereocenters. The van der Waals surface area contributed by atoms with Crippen molar-refractivity contribution in [3.8, 4) is 5.75 Å². The average Bonchev–Trinajstić information content (AvgIpc) is 2.69. The van der Waals surface area contributed by atoms with Crippen LogP contribution in [0, 0.1) is 17.8 Å². The van der Waals surface area contributed by atoms with Gasteiger partial charge in [0.05, 0.1) is 13.0 Å². The Balaban J connectivity index is 1.44. The van der Waals surface area contributed by atoms with Crippen molar-refractivity contribution < 1.29 is 19.4 Å². The highest BCUT2D eigenvalue weighted by Gasteiger charge is 2.33. The van der Waals surface area contributed by atoms with Gasteiger partial charge < -0.3 is 14.7 Å². The van der Waals surface area contributed by atoms with Gasteiger partial charge in [-0.2, -0.15) is 0 Å². The maximum Gasteiger partial charge on any atom is 0.306 e. The highest BCUT2D eigenvalue weighted by molar-refractivity contribution is 5.79. The van der Waals surface area contributed by atoms with Crippen molar-refractivity contribution in [2.75, 3.05) is 20.2 Å². The highest BCUT2D eigenvalue weighted by Crippen LogP contribution is 2.31. The number of hydrogen-bond donors (Lipinski definition) is 1. The number of benzene rings is 1. The summed E-state index contributed by atoms with van der Waals surface area (Å²) in [4.78, 5) is 25.8. The predicted molar refractivity (Wildman–Crippen MR) is 99.1 cm³/mol. The molecule has 1 aromatic rings. The third-order valence-corrected chi connectivity index (χ3v) is 6.04. The third kappa shape index (κ3) is 4.57. The first kappa shape index (κ1) is 18.7. The number of piperidine rings is 1. The Morgan fingerprint density at radius 3 is 2.12 bits per heavy atom. The number of carbonyl (C=O) groups is 2. The van der Waals surface area contributed by atoms with Gasteiger partial charge in [0, 0.05) is 19.0 Å². The molecule has 1 aliphatic heterocycles. The van der Waals surface area contributed by atoms with Crippen LogP contribution in [0.1, 0.15) is 44.1 Å². The predicted octanol–water partition coefficient (Wildman–Crippen LogP) is 3.37. The smallest absolute Gasteiger partial charge is 0.306 e. The largest absolute Gasteiger partial charge is 0.497 e. The Labute approximate surface area is 155 Å². The lowest BCUT2D eigenvalue weighted by Crippen LogP contribution is -2.43. The lowest BCUT2D eigenvalue weighted by Gasteiger charge is -2.36. The molecule has 0 aromatic heterocycles. The van der Waals surface area contributed by atoms with Crippen molar-refractivity contribution in [3.05, 3.63) is 29.8 Å². The summed E-state index contributed by atoms with van der Waals surface area (Å²) in [5, 5.41) is 9.09. The molecule has 0 atom stereocenters. The minimum absolute atomic E-state index is 0.0312. The van der Waals surface area contributed by atoms with E-state index >= 15 is 0 Å². The number of rotatable bonds is 5. The molecule has 1 amide bonds. The van der Waals surface area contributed by atoms with Gasteiger partial charge in [-0.15, -0.1) is 0 Å². The minimum Gasteiger partial charge on any atom is -0.497 e. The van der Waals surface area contributed by atoms with Crippen LogP contribution in [-0.2, 0) is 16.0 Å². The molecule has 1 aromatic carbocycles. The number of carboxylic acid groups (broad SMARTS) is 1. The molecule has 2 aliphatic rings. The molecule has 0 spiro atoms. The number of hydrogen-bond acceptors (Lipinski definition) is 3. The van der Waals surface area contributed by atoms with Crippen LogP contribution < -0.4 is 4.74 Å². The van der Waals surface area contributed by atoms with Gasteiger partial charge in [-0.25, -0.2) is 0 Å². The number of likely N-dealkylation sites (tertiary alicyclic amines) is 1. The normalized spacial score (nSPS) is 24.3. The van der Waals surface area contributed by atoms with E-state index in [4.69, 9.17) is 9.84 Å². The number of amides is 1. The van der Waals surface area contributed by atoms with Gasteiger partial charge in [0.2, 0.25) is 5.91 Å². The fraction of sp³-hybridized carbons (Fsp3) is 0.619. The number of aliphatic carboxylic acids is 1. The second kappa shape index (κ2) is 8.56. The van der Waals surface area contributed by atoms with E-state index in [1.54, 1.807) is 7.11 Å². The maximum absolute atomic E-state index is 12.7. The molecule has 5 heteroatoms. The average molecular weight is 359 g/mol. The monoisotopic (exact) mass is 359 g/mol. The minimum atomic E-state index is -0.713. The summed E-state index contributed by atoms with van der Waals surface area (Å²) in [6.07, 6.45) is 5.86. The quantitative estimate of drug-likeness (QED) is 0.875. The zero-order valence-electron chi connectivity index (χ0n) is 15.5. The van der Waals surface area contributed by atoms with Crippen LogP contribution in [-0.4, -0.2) is 42.1 Å². The summed E-state index contributed by atoms with van der Waals surface area (Å²) in [6, 6.07) is 8.25. The SMILES string of the molecule is COc1ccc(CC2CCN(C(=O)C3CCC(C(=O)O)CC3)CC2)cc1. The Morgan fingerprint density at radius 2 is 1.58 bits per heavy atom. The molecule has 0 bridgehead atoms. The Hall–Kier alpha value is -2.04. The van der Waals surface area contributed by atoms with Gasteiger partial charge in [-0.05, 0) is 68.6 Å². The van der Waals surface area contributed by atoms with Gasteiger partial charge in [-0.3, -0.25) is 9.59 Å². The summed E-state index contributed by atoms with van der Waals surface area (Å²) < 4.78 is 5.20. The van der Waals surface area contributed by atoms with Crippen molar-refractivity contribution in [1.82, 2.24) is 4.90 Å². The van der Waals surface area contributed by atoms with Crippen LogP contribution in [0.25, 0.3) is 0 Å². The van der Waals surface area contributed by atoms with Gasteiger partial charge in [0.25, 0.3) is 0 Å². The standard InChI is InChI=1S/C21H29NO4/c1-26-19-8-2-15(3-9-19)14-16-10-12-22(13-11-16)20(23)17-4-6-18(7-5-17)21(24)25/h2-3,8-9,16-18H,4-7,10-14H2,1H3,(H,24,25). The first-order chi connectivity index (χ1) is 12.6. The number of carbonyl (C=O) groups excluding carboxylic acids is 1. The molecule has 26 heavy (non-hydrogen) atoms. The van der Waals surface area contributed by atoms with E-state index in [2.05, 4.69) is 12.1 Å². The molecule has 3 rings (SSSR count). The fourth-order valence-corrected chi connectivity index (χ4v) is 4.30.